The monoisotopic (exact) mass is 203 g/mol. The summed E-state index contributed by atoms with van der Waals surface area (Å²) in [6.07, 6.45) is 1.02. The third-order valence-corrected chi connectivity index (χ3v) is 5.16. The first-order valence-electron chi connectivity index (χ1n) is 3.82. The smallest absolute Gasteiger partial charge is 0.150 e. The second-order valence-corrected chi connectivity index (χ2v) is 5.56. The van der Waals surface area contributed by atoms with Crippen LogP contribution in [0.3, 0.4) is 0 Å². The third kappa shape index (κ3) is 1.87. The standard InChI is InChI=1S/C8H13NOS2/c1-7(5-9-2)8(6-10)11-3-4-12-8/h6,9H,1,3-5H2,2H3. The molecule has 0 atom stereocenters. The van der Waals surface area contributed by atoms with Gasteiger partial charge in [-0.1, -0.05) is 6.58 Å². The molecule has 1 aliphatic rings. The molecular weight excluding hydrogens is 190 g/mol. The molecule has 0 radical (unpaired) electrons. The van der Waals surface area contributed by atoms with Gasteiger partial charge in [-0.05, 0) is 12.6 Å². The van der Waals surface area contributed by atoms with Crippen LogP contribution in [0, 0.1) is 0 Å². The largest absolute Gasteiger partial charge is 0.316 e. The van der Waals surface area contributed by atoms with Crippen LogP contribution in [0.1, 0.15) is 0 Å². The lowest BCUT2D eigenvalue weighted by atomic mass is 10.2. The molecular formula is C8H13NOS2. The molecule has 1 saturated heterocycles. The van der Waals surface area contributed by atoms with Gasteiger partial charge in [-0.2, -0.15) is 0 Å². The SMILES string of the molecule is C=C(CNC)C1(C=O)SCCS1. The molecule has 0 aromatic heterocycles. The molecule has 2 nitrogen and oxygen atoms in total. The van der Waals surface area contributed by atoms with E-state index in [4.69, 9.17) is 0 Å². The summed E-state index contributed by atoms with van der Waals surface area (Å²) < 4.78 is -0.358. The molecule has 0 amide bonds. The number of hydrogen-bond acceptors (Lipinski definition) is 4. The maximum Gasteiger partial charge on any atom is 0.150 e. The summed E-state index contributed by atoms with van der Waals surface area (Å²) in [5.41, 5.74) is 0.979. The highest BCUT2D eigenvalue weighted by Crippen LogP contribution is 2.46. The van der Waals surface area contributed by atoms with Crippen molar-refractivity contribution in [2.45, 2.75) is 4.08 Å². The highest BCUT2D eigenvalue weighted by molar-refractivity contribution is 8.22. The van der Waals surface area contributed by atoms with Gasteiger partial charge in [0, 0.05) is 18.1 Å². The summed E-state index contributed by atoms with van der Waals surface area (Å²) in [5, 5.41) is 3.02. The van der Waals surface area contributed by atoms with Crippen LogP contribution in [-0.4, -0.2) is 35.5 Å². The zero-order chi connectivity index (χ0) is 9.03. The van der Waals surface area contributed by atoms with Gasteiger partial charge in [0.2, 0.25) is 0 Å². The summed E-state index contributed by atoms with van der Waals surface area (Å²) in [6, 6.07) is 0. The maximum atomic E-state index is 10.9. The molecule has 1 aliphatic heterocycles. The van der Waals surface area contributed by atoms with Gasteiger partial charge < -0.3 is 10.1 Å². The van der Waals surface area contributed by atoms with Crippen molar-refractivity contribution < 1.29 is 4.79 Å². The molecule has 0 unspecified atom stereocenters. The van der Waals surface area contributed by atoms with Crippen molar-refractivity contribution in [2.75, 3.05) is 25.1 Å². The lowest BCUT2D eigenvalue weighted by Crippen LogP contribution is -2.28. The molecule has 1 fully saturated rings. The Hall–Kier alpha value is 0.0700. The Bertz CT molecular complexity index is 187. The average molecular weight is 203 g/mol. The lowest BCUT2D eigenvalue weighted by Gasteiger charge is -2.22. The highest BCUT2D eigenvalue weighted by atomic mass is 32.2. The fourth-order valence-electron chi connectivity index (χ4n) is 1.12. The van der Waals surface area contributed by atoms with Gasteiger partial charge in [-0.3, -0.25) is 0 Å². The topological polar surface area (TPSA) is 29.1 Å². The van der Waals surface area contributed by atoms with E-state index in [9.17, 15) is 4.79 Å². The minimum Gasteiger partial charge on any atom is -0.316 e. The predicted octanol–water partition coefficient (Wildman–Crippen LogP) is 1.14. The second kappa shape index (κ2) is 4.35. The van der Waals surface area contributed by atoms with Crippen LogP contribution in [0.15, 0.2) is 12.2 Å². The molecule has 0 saturated carbocycles. The van der Waals surface area contributed by atoms with E-state index in [2.05, 4.69) is 11.9 Å². The van der Waals surface area contributed by atoms with E-state index >= 15 is 0 Å². The summed E-state index contributed by atoms with van der Waals surface area (Å²) >= 11 is 3.39. The van der Waals surface area contributed by atoms with Crippen molar-refractivity contribution in [1.29, 1.82) is 0 Å². The van der Waals surface area contributed by atoms with Crippen LogP contribution in [0.5, 0.6) is 0 Å². The van der Waals surface area contributed by atoms with Crippen LogP contribution in [0.2, 0.25) is 0 Å². The molecule has 0 spiro atoms. The Labute approximate surface area is 81.6 Å². The van der Waals surface area contributed by atoms with Crippen molar-refractivity contribution in [2.24, 2.45) is 0 Å². The van der Waals surface area contributed by atoms with Crippen molar-refractivity contribution in [3.8, 4) is 0 Å². The lowest BCUT2D eigenvalue weighted by molar-refractivity contribution is -0.107. The van der Waals surface area contributed by atoms with Gasteiger partial charge in [0.1, 0.15) is 10.4 Å². The zero-order valence-corrected chi connectivity index (χ0v) is 8.76. The third-order valence-electron chi connectivity index (χ3n) is 1.75. The number of thioether (sulfide) groups is 2. The Kier molecular flexibility index (Phi) is 3.68. The van der Waals surface area contributed by atoms with Gasteiger partial charge in [0.25, 0.3) is 0 Å². The minimum atomic E-state index is -0.358. The van der Waals surface area contributed by atoms with E-state index in [1.165, 1.54) is 0 Å². The first-order chi connectivity index (χ1) is 5.75. The van der Waals surface area contributed by atoms with Gasteiger partial charge in [0.15, 0.2) is 0 Å². The van der Waals surface area contributed by atoms with Crippen LogP contribution in [0.4, 0.5) is 0 Å². The number of carbonyl (C=O) groups is 1. The van der Waals surface area contributed by atoms with Crippen LogP contribution in [0.25, 0.3) is 0 Å². The van der Waals surface area contributed by atoms with E-state index in [-0.39, 0.29) is 4.08 Å². The quantitative estimate of drug-likeness (QED) is 0.548. The summed E-state index contributed by atoms with van der Waals surface area (Å²) in [7, 11) is 1.87. The fraction of sp³-hybridized carbons (Fsp3) is 0.625. The number of hydrogen-bond donors (Lipinski definition) is 1. The van der Waals surface area contributed by atoms with Gasteiger partial charge >= 0.3 is 0 Å². The van der Waals surface area contributed by atoms with Gasteiger partial charge in [-0.15, -0.1) is 23.5 Å². The molecule has 1 heterocycles. The fourth-order valence-corrected chi connectivity index (χ4v) is 3.92. The summed E-state index contributed by atoms with van der Waals surface area (Å²) in [6.45, 7) is 4.65. The zero-order valence-electron chi connectivity index (χ0n) is 7.13. The highest BCUT2D eigenvalue weighted by Gasteiger charge is 2.37. The predicted molar refractivity (Wildman–Crippen MR) is 56.8 cm³/mol. The number of aldehydes is 1. The second-order valence-electron chi connectivity index (χ2n) is 2.62. The van der Waals surface area contributed by atoms with E-state index in [0.717, 1.165) is 29.9 Å². The first-order valence-corrected chi connectivity index (χ1v) is 5.79. The average Bonchev–Trinajstić information content (AvgIpc) is 2.54. The van der Waals surface area contributed by atoms with E-state index in [0.29, 0.717) is 0 Å². The Morgan fingerprint density at radius 2 is 2.25 bits per heavy atom. The van der Waals surface area contributed by atoms with Crippen LogP contribution < -0.4 is 5.32 Å². The molecule has 0 aromatic carbocycles. The molecule has 1 N–H and O–H groups in total. The number of nitrogens with one attached hydrogen (secondary N) is 1. The summed E-state index contributed by atoms with van der Waals surface area (Å²) in [5.74, 6) is 2.10. The van der Waals surface area contributed by atoms with E-state index in [1.54, 1.807) is 23.5 Å². The van der Waals surface area contributed by atoms with Crippen LogP contribution >= 0.6 is 23.5 Å². The van der Waals surface area contributed by atoms with Crippen molar-refractivity contribution >= 4 is 29.8 Å². The number of carbonyl (C=O) groups excluding carboxylic acids is 1. The molecule has 0 aromatic rings. The van der Waals surface area contributed by atoms with Crippen molar-refractivity contribution in [3.63, 3.8) is 0 Å². The Morgan fingerprint density at radius 3 is 2.67 bits per heavy atom. The van der Waals surface area contributed by atoms with E-state index in [1.807, 2.05) is 7.05 Å². The maximum absolute atomic E-state index is 10.9. The molecule has 12 heavy (non-hydrogen) atoms. The van der Waals surface area contributed by atoms with Gasteiger partial charge in [-0.25, -0.2) is 0 Å². The number of rotatable bonds is 4. The van der Waals surface area contributed by atoms with Crippen molar-refractivity contribution in [3.05, 3.63) is 12.2 Å². The van der Waals surface area contributed by atoms with Crippen molar-refractivity contribution in [1.82, 2.24) is 5.32 Å². The summed E-state index contributed by atoms with van der Waals surface area (Å²) in [4.78, 5) is 10.9. The van der Waals surface area contributed by atoms with Crippen LogP contribution in [-0.2, 0) is 4.79 Å². The minimum absolute atomic E-state index is 0.358. The molecule has 1 rings (SSSR count). The first kappa shape index (κ1) is 10.2. The molecule has 0 bridgehead atoms. The molecule has 68 valence electrons. The normalized spacial score (nSPS) is 20.8. The molecule has 0 aliphatic carbocycles. The van der Waals surface area contributed by atoms with E-state index < -0.39 is 0 Å². The Morgan fingerprint density at radius 1 is 1.67 bits per heavy atom. The van der Waals surface area contributed by atoms with Gasteiger partial charge in [0.05, 0.1) is 0 Å². The molecule has 4 heteroatoms. The Balaban J connectivity index is 2.65. The number of likely N-dealkylation sites (N-methyl/N-ethyl adjacent to an activating group) is 1.